The molecule has 1 aliphatic carbocycles. The molecule has 1 amide bonds. The van der Waals surface area contributed by atoms with E-state index in [2.05, 4.69) is 5.32 Å². The molecule has 0 radical (unpaired) electrons. The Balaban J connectivity index is 1.78. The van der Waals surface area contributed by atoms with Gasteiger partial charge in [-0.05, 0) is 79.0 Å². The summed E-state index contributed by atoms with van der Waals surface area (Å²) in [5.41, 5.74) is -0.604. The van der Waals surface area contributed by atoms with Gasteiger partial charge in [0.15, 0.2) is 0 Å². The van der Waals surface area contributed by atoms with Crippen LogP contribution in [0.1, 0.15) is 66.9 Å². The van der Waals surface area contributed by atoms with Crippen LogP contribution in [0.3, 0.4) is 0 Å². The van der Waals surface area contributed by atoms with Crippen LogP contribution in [-0.4, -0.2) is 30.0 Å². The van der Waals surface area contributed by atoms with Gasteiger partial charge in [0.05, 0.1) is 11.2 Å². The number of rotatable bonds is 3. The number of amides is 1. The maximum Gasteiger partial charge on any atom is 0.469 e. The van der Waals surface area contributed by atoms with Crippen LogP contribution in [-0.2, 0) is 19.4 Å². The van der Waals surface area contributed by atoms with Crippen molar-refractivity contribution >= 4 is 18.9 Å². The van der Waals surface area contributed by atoms with Crippen LogP contribution in [0.4, 0.5) is 14.9 Å². The minimum Gasteiger partial charge on any atom is -0.444 e. The van der Waals surface area contributed by atoms with Gasteiger partial charge in [-0.25, -0.2) is 9.18 Å². The first kappa shape index (κ1) is 20.1. The number of carbonyl (C=O) groups excluding carboxylic acids is 1. The molecule has 0 bridgehead atoms. The molecule has 5 nitrogen and oxygen atoms in total. The van der Waals surface area contributed by atoms with Crippen molar-refractivity contribution < 1.29 is 23.2 Å². The van der Waals surface area contributed by atoms with Crippen LogP contribution in [0.15, 0.2) is 18.2 Å². The molecule has 1 saturated carbocycles. The number of benzene rings is 1. The third-order valence-electron chi connectivity index (χ3n) is 5.64. The number of hydrogen-bond donors (Lipinski definition) is 1. The summed E-state index contributed by atoms with van der Waals surface area (Å²) in [5, 5.41) is 2.10. The second-order valence-electron chi connectivity index (χ2n) is 9.57. The molecule has 1 aliphatic heterocycles. The predicted octanol–water partition coefficient (Wildman–Crippen LogP) is 4.84. The standard InChI is InChI=1S/C20H29BFNO4/c1-17(2,3)25-16(24)23-13-8-9-14(15(22)12-13)20(10-11-20)21-26-18(4,5)19(6,7)27-21/h8-9,12H,10-11H2,1-7H3,(H,23,24). The molecule has 1 heterocycles. The molecule has 2 fully saturated rings. The number of halogens is 1. The van der Waals surface area contributed by atoms with Crippen molar-refractivity contribution in [3.05, 3.63) is 29.6 Å². The van der Waals surface area contributed by atoms with Gasteiger partial charge in [0.25, 0.3) is 0 Å². The fraction of sp³-hybridized carbons (Fsp3) is 0.650. The van der Waals surface area contributed by atoms with Crippen LogP contribution in [0.2, 0.25) is 0 Å². The van der Waals surface area contributed by atoms with Crippen molar-refractivity contribution in [2.45, 2.75) is 83.4 Å². The Kier molecular flexibility index (Phi) is 4.63. The summed E-state index contributed by atoms with van der Waals surface area (Å²) >= 11 is 0. The predicted molar refractivity (Wildman–Crippen MR) is 103 cm³/mol. The van der Waals surface area contributed by atoms with Crippen molar-refractivity contribution in [2.24, 2.45) is 0 Å². The average molecular weight is 377 g/mol. The highest BCUT2D eigenvalue weighted by atomic mass is 19.1. The van der Waals surface area contributed by atoms with E-state index in [0.717, 1.165) is 12.8 Å². The Morgan fingerprint density at radius 3 is 2.15 bits per heavy atom. The highest BCUT2D eigenvalue weighted by Gasteiger charge is 2.65. The molecule has 0 aromatic heterocycles. The Hall–Kier alpha value is -1.60. The minimum absolute atomic E-state index is 0.357. The molecule has 2 aliphatic rings. The van der Waals surface area contributed by atoms with Gasteiger partial charge in [-0.3, -0.25) is 5.32 Å². The molecular weight excluding hydrogens is 348 g/mol. The minimum atomic E-state index is -0.614. The summed E-state index contributed by atoms with van der Waals surface area (Å²) in [6.45, 7) is 13.3. The molecule has 1 aromatic carbocycles. The van der Waals surface area contributed by atoms with Gasteiger partial charge in [0.2, 0.25) is 0 Å². The lowest BCUT2D eigenvalue weighted by Gasteiger charge is -2.32. The second-order valence-corrected chi connectivity index (χ2v) is 9.57. The topological polar surface area (TPSA) is 56.8 Å². The van der Waals surface area contributed by atoms with E-state index in [4.69, 9.17) is 14.0 Å². The lowest BCUT2D eigenvalue weighted by atomic mass is 9.64. The van der Waals surface area contributed by atoms with Gasteiger partial charge in [-0.2, -0.15) is 0 Å². The Bertz CT molecular complexity index is 737. The fourth-order valence-electron chi connectivity index (χ4n) is 3.25. The van der Waals surface area contributed by atoms with Gasteiger partial charge in [0.1, 0.15) is 11.4 Å². The van der Waals surface area contributed by atoms with E-state index < -0.39 is 35.3 Å². The van der Waals surface area contributed by atoms with E-state index in [9.17, 15) is 9.18 Å². The molecule has 3 rings (SSSR count). The zero-order valence-corrected chi connectivity index (χ0v) is 17.2. The quantitative estimate of drug-likeness (QED) is 0.767. The van der Waals surface area contributed by atoms with E-state index in [1.807, 2.05) is 27.7 Å². The molecule has 148 valence electrons. The van der Waals surface area contributed by atoms with Gasteiger partial charge in [-0.15, -0.1) is 0 Å². The van der Waals surface area contributed by atoms with Crippen LogP contribution < -0.4 is 5.32 Å². The van der Waals surface area contributed by atoms with Gasteiger partial charge in [-0.1, -0.05) is 6.07 Å². The zero-order chi connectivity index (χ0) is 20.3. The van der Waals surface area contributed by atoms with Crippen LogP contribution in [0.25, 0.3) is 0 Å². The van der Waals surface area contributed by atoms with Gasteiger partial charge in [0, 0.05) is 11.0 Å². The average Bonchev–Trinajstić information content (AvgIpc) is 3.21. The van der Waals surface area contributed by atoms with E-state index in [-0.39, 0.29) is 5.82 Å². The van der Waals surface area contributed by atoms with Crippen LogP contribution in [0.5, 0.6) is 0 Å². The molecule has 0 unspecified atom stereocenters. The smallest absolute Gasteiger partial charge is 0.444 e. The molecule has 0 atom stereocenters. The zero-order valence-electron chi connectivity index (χ0n) is 17.2. The third-order valence-corrected chi connectivity index (χ3v) is 5.64. The highest BCUT2D eigenvalue weighted by molar-refractivity contribution is 6.51. The highest BCUT2D eigenvalue weighted by Crippen LogP contribution is 2.56. The molecule has 1 N–H and O–H groups in total. The summed E-state index contributed by atoms with van der Waals surface area (Å²) in [5.74, 6) is -0.379. The summed E-state index contributed by atoms with van der Waals surface area (Å²) in [6.07, 6.45) is 1.00. The van der Waals surface area contributed by atoms with Crippen LogP contribution in [0, 0.1) is 5.82 Å². The third kappa shape index (κ3) is 3.85. The monoisotopic (exact) mass is 377 g/mol. The largest absolute Gasteiger partial charge is 0.469 e. The Morgan fingerprint density at radius 1 is 1.15 bits per heavy atom. The summed E-state index contributed by atoms with van der Waals surface area (Å²) in [4.78, 5) is 11.9. The second kappa shape index (κ2) is 6.21. The number of nitrogens with one attached hydrogen (secondary N) is 1. The van der Waals surface area contributed by atoms with E-state index in [1.54, 1.807) is 32.9 Å². The number of hydrogen-bond acceptors (Lipinski definition) is 4. The first-order valence-corrected chi connectivity index (χ1v) is 9.41. The van der Waals surface area contributed by atoms with Crippen molar-refractivity contribution in [3.8, 4) is 0 Å². The lowest BCUT2D eigenvalue weighted by Crippen LogP contribution is -2.41. The maximum atomic E-state index is 14.9. The van der Waals surface area contributed by atoms with Crippen molar-refractivity contribution in [1.29, 1.82) is 0 Å². The van der Waals surface area contributed by atoms with E-state index >= 15 is 0 Å². The fourth-order valence-corrected chi connectivity index (χ4v) is 3.25. The number of carbonyl (C=O) groups is 1. The Labute approximate surface area is 161 Å². The molecular formula is C20H29BFNO4. The summed E-state index contributed by atoms with van der Waals surface area (Å²) in [6, 6.07) is 4.72. The first-order valence-electron chi connectivity index (χ1n) is 9.41. The summed E-state index contributed by atoms with van der Waals surface area (Å²) in [7, 11) is -0.485. The molecule has 27 heavy (non-hydrogen) atoms. The molecule has 0 spiro atoms. The van der Waals surface area contributed by atoms with Crippen LogP contribution >= 0.6 is 0 Å². The lowest BCUT2D eigenvalue weighted by molar-refractivity contribution is 0.00578. The Morgan fingerprint density at radius 2 is 1.70 bits per heavy atom. The van der Waals surface area contributed by atoms with Crippen molar-refractivity contribution in [1.82, 2.24) is 0 Å². The van der Waals surface area contributed by atoms with E-state index in [1.165, 1.54) is 6.07 Å². The van der Waals surface area contributed by atoms with Crippen molar-refractivity contribution in [2.75, 3.05) is 5.32 Å². The van der Waals surface area contributed by atoms with Crippen molar-refractivity contribution in [3.63, 3.8) is 0 Å². The maximum absolute atomic E-state index is 14.9. The molecule has 7 heteroatoms. The first-order chi connectivity index (χ1) is 12.3. The molecule has 1 saturated heterocycles. The van der Waals surface area contributed by atoms with Gasteiger partial charge >= 0.3 is 13.2 Å². The SMILES string of the molecule is CC(C)(C)OC(=O)Nc1ccc(C2(B3OC(C)(C)C(C)(C)O3)CC2)c(F)c1. The normalized spacial score (nSPS) is 22.4. The van der Waals surface area contributed by atoms with Gasteiger partial charge < -0.3 is 14.0 Å². The number of anilines is 1. The molecule has 1 aromatic rings. The van der Waals surface area contributed by atoms with E-state index in [0.29, 0.717) is 11.3 Å². The summed E-state index contributed by atoms with van der Waals surface area (Å²) < 4.78 is 32.5. The number of ether oxygens (including phenoxy) is 1.